The van der Waals surface area contributed by atoms with Gasteiger partial charge in [-0.25, -0.2) is 0 Å². The first-order valence-corrected chi connectivity index (χ1v) is 13.4. The zero-order valence-electron chi connectivity index (χ0n) is 21.0. The summed E-state index contributed by atoms with van der Waals surface area (Å²) in [5.41, 5.74) is 5.48. The van der Waals surface area contributed by atoms with Crippen LogP contribution >= 0.6 is 39.9 Å². The fourth-order valence-electron chi connectivity index (χ4n) is 3.86. The van der Waals surface area contributed by atoms with Crippen LogP contribution in [0.1, 0.15) is 28.1 Å². The zero-order chi connectivity index (χ0) is 26.9. The number of rotatable bonds is 7. The minimum Gasteiger partial charge on any atom is -0.493 e. The number of thioether (sulfide) groups is 1. The molecule has 0 radical (unpaired) electrons. The van der Waals surface area contributed by atoms with Gasteiger partial charge in [-0.05, 0) is 115 Å². The van der Waals surface area contributed by atoms with E-state index < -0.39 is 0 Å². The number of thiocarbonyl (C=S) groups is 1. The number of aromatic nitrogens is 1. The Labute approximate surface area is 233 Å². The molecule has 0 spiro atoms. The highest BCUT2D eigenvalue weighted by atomic mass is 79.9. The average molecular weight is 601 g/mol. The van der Waals surface area contributed by atoms with Gasteiger partial charge in [-0.2, -0.15) is 5.01 Å². The number of hydrogen-bond donors (Lipinski definition) is 1. The van der Waals surface area contributed by atoms with Gasteiger partial charge in [0, 0.05) is 15.9 Å². The number of anilines is 1. The van der Waals surface area contributed by atoms with Crippen molar-refractivity contribution in [2.75, 3.05) is 24.0 Å². The number of nitrogens with zero attached hydrogens (tertiary/aromatic N) is 2. The Morgan fingerprint density at radius 2 is 1.73 bits per heavy atom. The molecule has 3 aromatic rings. The number of ether oxygens (including phenoxy) is 2. The van der Waals surface area contributed by atoms with E-state index in [4.69, 9.17) is 21.7 Å². The van der Waals surface area contributed by atoms with E-state index in [1.165, 1.54) is 23.9 Å². The number of nitrogens with one attached hydrogen (secondary N) is 1. The number of amides is 2. The summed E-state index contributed by atoms with van der Waals surface area (Å²) in [5, 5.41) is 4.37. The highest BCUT2D eigenvalue weighted by molar-refractivity contribution is 9.10. The quantitative estimate of drug-likeness (QED) is 0.263. The largest absolute Gasteiger partial charge is 0.493 e. The lowest BCUT2D eigenvalue weighted by Crippen LogP contribution is -2.39. The molecule has 4 rings (SSSR count). The van der Waals surface area contributed by atoms with Crippen LogP contribution in [0.2, 0.25) is 0 Å². The molecule has 1 N–H and O–H groups in total. The van der Waals surface area contributed by atoms with Gasteiger partial charge < -0.3 is 14.8 Å². The first-order chi connectivity index (χ1) is 17.6. The maximum absolute atomic E-state index is 13.2. The van der Waals surface area contributed by atoms with Crippen molar-refractivity contribution in [3.63, 3.8) is 0 Å². The van der Waals surface area contributed by atoms with Crippen molar-refractivity contribution in [1.29, 1.82) is 0 Å². The van der Waals surface area contributed by atoms with Gasteiger partial charge in [-0.1, -0.05) is 17.8 Å². The van der Waals surface area contributed by atoms with E-state index in [-0.39, 0.29) is 18.4 Å². The zero-order valence-corrected chi connectivity index (χ0v) is 24.3. The third-order valence-electron chi connectivity index (χ3n) is 5.91. The summed E-state index contributed by atoms with van der Waals surface area (Å²) in [7, 11) is 1.52. The predicted molar refractivity (Wildman–Crippen MR) is 156 cm³/mol. The molecule has 2 amide bonds. The molecular formula is C27H26BrN3O4S2. The van der Waals surface area contributed by atoms with E-state index in [9.17, 15) is 9.59 Å². The van der Waals surface area contributed by atoms with Crippen molar-refractivity contribution in [1.82, 2.24) is 4.68 Å². The van der Waals surface area contributed by atoms with Crippen molar-refractivity contribution in [3.8, 4) is 11.5 Å². The topological polar surface area (TPSA) is 72.8 Å². The highest BCUT2D eigenvalue weighted by Gasteiger charge is 2.34. The third-order valence-corrected chi connectivity index (χ3v) is 7.85. The van der Waals surface area contributed by atoms with E-state index >= 15 is 0 Å². The van der Waals surface area contributed by atoms with Crippen LogP contribution in [0, 0.1) is 27.7 Å². The van der Waals surface area contributed by atoms with Gasteiger partial charge in [0.2, 0.25) is 0 Å². The van der Waals surface area contributed by atoms with Gasteiger partial charge in [-0.3, -0.25) is 14.3 Å². The standard InChI is InChI=1S/C27H26BrN3O4S2/c1-15-10-20(28)21(11-16(15)2)29-25(32)14-35-22-9-8-19(12-23(22)34-5)13-24-26(33)31(27(36)37-24)30-17(3)6-7-18(30)4/h6-13H,14H2,1-5H3,(H,29,32)/b24-13+. The molecule has 2 heterocycles. The number of benzene rings is 2. The number of hydrogen-bond acceptors (Lipinski definition) is 6. The van der Waals surface area contributed by atoms with Crippen LogP contribution in [0.25, 0.3) is 6.08 Å². The third kappa shape index (κ3) is 5.76. The Morgan fingerprint density at radius 1 is 1.05 bits per heavy atom. The molecule has 1 aromatic heterocycles. The second kappa shape index (κ2) is 11.1. The number of halogens is 1. The smallest absolute Gasteiger partial charge is 0.285 e. The van der Waals surface area contributed by atoms with E-state index in [1.807, 2.05) is 56.6 Å². The normalized spacial score (nSPS) is 14.4. The van der Waals surface area contributed by atoms with Crippen LogP contribution in [-0.4, -0.2) is 34.5 Å². The second-order valence-electron chi connectivity index (χ2n) is 8.58. The summed E-state index contributed by atoms with van der Waals surface area (Å²) in [6.07, 6.45) is 1.77. The Morgan fingerprint density at radius 3 is 2.41 bits per heavy atom. The van der Waals surface area contributed by atoms with Crippen LogP contribution < -0.4 is 19.8 Å². The molecule has 1 saturated heterocycles. The lowest BCUT2D eigenvalue weighted by molar-refractivity contribution is -0.118. The predicted octanol–water partition coefficient (Wildman–Crippen LogP) is 6.05. The highest BCUT2D eigenvalue weighted by Crippen LogP contribution is 2.35. The number of methoxy groups -OCH3 is 1. The van der Waals surface area contributed by atoms with Crippen LogP contribution in [0.15, 0.2) is 51.8 Å². The summed E-state index contributed by atoms with van der Waals surface area (Å²) in [6.45, 7) is 7.67. The lowest BCUT2D eigenvalue weighted by atomic mass is 10.1. The Kier molecular flexibility index (Phi) is 8.11. The molecule has 0 aliphatic carbocycles. The minimum atomic E-state index is -0.297. The molecule has 1 fully saturated rings. The molecule has 2 aromatic carbocycles. The average Bonchev–Trinajstić information content (AvgIpc) is 3.32. The fraction of sp³-hybridized carbons (Fsp3) is 0.222. The molecule has 0 saturated carbocycles. The van der Waals surface area contributed by atoms with Crippen molar-refractivity contribution < 1.29 is 19.1 Å². The summed E-state index contributed by atoms with van der Waals surface area (Å²) < 4.78 is 14.3. The van der Waals surface area contributed by atoms with Crippen LogP contribution in [0.5, 0.6) is 11.5 Å². The molecule has 0 atom stereocenters. The molecule has 0 unspecified atom stereocenters. The molecule has 7 nitrogen and oxygen atoms in total. The monoisotopic (exact) mass is 599 g/mol. The Balaban J connectivity index is 1.47. The maximum Gasteiger partial charge on any atom is 0.285 e. The number of aryl methyl sites for hydroxylation is 4. The van der Waals surface area contributed by atoms with Gasteiger partial charge in [0.25, 0.3) is 11.8 Å². The molecule has 192 valence electrons. The summed E-state index contributed by atoms with van der Waals surface area (Å²) in [6, 6.07) is 13.0. The minimum absolute atomic E-state index is 0.189. The molecular weight excluding hydrogens is 574 g/mol. The second-order valence-corrected chi connectivity index (χ2v) is 11.1. The molecule has 1 aliphatic rings. The fourth-order valence-corrected chi connectivity index (χ4v) is 5.66. The van der Waals surface area contributed by atoms with Crippen LogP contribution in [-0.2, 0) is 9.59 Å². The van der Waals surface area contributed by atoms with Crippen molar-refractivity contribution in [2.45, 2.75) is 27.7 Å². The summed E-state index contributed by atoms with van der Waals surface area (Å²) >= 11 is 10.2. The number of carbonyl (C=O) groups is 2. The van der Waals surface area contributed by atoms with E-state index in [1.54, 1.807) is 24.3 Å². The van der Waals surface area contributed by atoms with Gasteiger partial charge in [0.05, 0.1) is 17.7 Å². The van der Waals surface area contributed by atoms with Crippen molar-refractivity contribution >= 4 is 67.8 Å². The van der Waals surface area contributed by atoms with Crippen molar-refractivity contribution in [2.24, 2.45) is 0 Å². The first-order valence-electron chi connectivity index (χ1n) is 11.4. The van der Waals surface area contributed by atoms with Gasteiger partial charge >= 0.3 is 0 Å². The number of carbonyl (C=O) groups excluding carboxylic acids is 2. The van der Waals surface area contributed by atoms with E-state index in [0.717, 1.165) is 32.6 Å². The molecule has 37 heavy (non-hydrogen) atoms. The maximum atomic E-state index is 13.2. The molecule has 10 heteroatoms. The summed E-state index contributed by atoms with van der Waals surface area (Å²) in [5.74, 6) is 0.377. The van der Waals surface area contributed by atoms with E-state index in [0.29, 0.717) is 26.4 Å². The van der Waals surface area contributed by atoms with Crippen LogP contribution in [0.3, 0.4) is 0 Å². The van der Waals surface area contributed by atoms with Gasteiger partial charge in [-0.15, -0.1) is 0 Å². The van der Waals surface area contributed by atoms with Crippen LogP contribution in [0.4, 0.5) is 5.69 Å². The SMILES string of the molecule is COc1cc(/C=C2/SC(=S)N(n3c(C)ccc3C)C2=O)ccc1OCC(=O)Nc1cc(C)c(C)cc1Br. The first kappa shape index (κ1) is 27.0. The van der Waals surface area contributed by atoms with Crippen molar-refractivity contribution in [3.05, 3.63) is 79.9 Å². The molecule has 1 aliphatic heterocycles. The summed E-state index contributed by atoms with van der Waals surface area (Å²) in [4.78, 5) is 26.2. The lowest BCUT2D eigenvalue weighted by Gasteiger charge is -2.20. The Bertz CT molecular complexity index is 1430. The van der Waals surface area contributed by atoms with Gasteiger partial charge in [0.15, 0.2) is 22.4 Å². The molecule has 0 bridgehead atoms. The van der Waals surface area contributed by atoms with E-state index in [2.05, 4.69) is 21.2 Å². The Hall–Kier alpha value is -3.08. The van der Waals surface area contributed by atoms with Gasteiger partial charge in [0.1, 0.15) is 0 Å².